The van der Waals surface area contributed by atoms with Gasteiger partial charge in [-0.05, 0) is 24.3 Å². The molecule has 2 rings (SSSR count). The Bertz CT molecular complexity index is 672. The van der Waals surface area contributed by atoms with Crippen molar-refractivity contribution in [1.82, 2.24) is 4.90 Å². The lowest BCUT2D eigenvalue weighted by Gasteiger charge is -2.24. The minimum atomic E-state index is -0.453. The van der Waals surface area contributed by atoms with Crippen molar-refractivity contribution in [3.05, 3.63) is 29.3 Å². The van der Waals surface area contributed by atoms with Gasteiger partial charge in [-0.25, -0.2) is 0 Å². The molecule has 0 saturated carbocycles. The van der Waals surface area contributed by atoms with Crippen LogP contribution < -0.4 is 4.90 Å². The fraction of sp³-hybridized carbons (Fsp3) is 0.412. The Kier molecular flexibility index (Phi) is 6.17. The van der Waals surface area contributed by atoms with Crippen LogP contribution in [0.3, 0.4) is 0 Å². The molecule has 6 nitrogen and oxygen atoms in total. The summed E-state index contributed by atoms with van der Waals surface area (Å²) in [6.45, 7) is 0.861. The number of halogens is 1. The van der Waals surface area contributed by atoms with Crippen molar-refractivity contribution in [3.8, 4) is 12.1 Å². The molecule has 1 saturated heterocycles. The zero-order chi connectivity index (χ0) is 17.5. The van der Waals surface area contributed by atoms with Gasteiger partial charge in [0.15, 0.2) is 0 Å². The van der Waals surface area contributed by atoms with Crippen molar-refractivity contribution >= 4 is 29.1 Å². The summed E-state index contributed by atoms with van der Waals surface area (Å²) in [5, 5.41) is 18.0. The predicted molar refractivity (Wildman–Crippen MR) is 89.0 cm³/mol. The van der Waals surface area contributed by atoms with E-state index in [0.717, 1.165) is 0 Å². The first-order valence-electron chi connectivity index (χ1n) is 7.65. The second-order valence-electron chi connectivity index (χ2n) is 5.52. The molecular weight excluding hydrogens is 328 g/mol. The number of nitriles is 2. The summed E-state index contributed by atoms with van der Waals surface area (Å²) in [6, 6.07) is 10.9. The molecule has 1 aliphatic heterocycles. The van der Waals surface area contributed by atoms with E-state index in [9.17, 15) is 9.59 Å². The highest BCUT2D eigenvalue weighted by Crippen LogP contribution is 2.27. The Labute approximate surface area is 145 Å². The molecule has 1 aromatic rings. The van der Waals surface area contributed by atoms with Gasteiger partial charge in [0.05, 0.1) is 30.9 Å². The average Bonchev–Trinajstić information content (AvgIpc) is 2.97. The molecule has 24 heavy (non-hydrogen) atoms. The number of amides is 2. The molecule has 0 aromatic heterocycles. The lowest BCUT2D eigenvalue weighted by molar-refractivity contribution is -0.135. The maximum Gasteiger partial charge on any atom is 0.228 e. The second kappa shape index (κ2) is 8.33. The van der Waals surface area contributed by atoms with Crippen LogP contribution in [0.5, 0.6) is 0 Å². The predicted octanol–water partition coefficient (Wildman–Crippen LogP) is 2.35. The van der Waals surface area contributed by atoms with Gasteiger partial charge in [0.1, 0.15) is 0 Å². The fourth-order valence-corrected chi connectivity index (χ4v) is 2.83. The van der Waals surface area contributed by atoms with E-state index >= 15 is 0 Å². The summed E-state index contributed by atoms with van der Waals surface area (Å²) < 4.78 is 0. The van der Waals surface area contributed by atoms with E-state index in [-0.39, 0.29) is 44.2 Å². The molecule has 0 unspecified atom stereocenters. The first-order valence-corrected chi connectivity index (χ1v) is 8.03. The van der Waals surface area contributed by atoms with E-state index in [1.54, 1.807) is 29.2 Å². The van der Waals surface area contributed by atoms with Gasteiger partial charge in [0.25, 0.3) is 0 Å². The Hall–Kier alpha value is -2.57. The molecule has 1 atom stereocenters. The van der Waals surface area contributed by atoms with Gasteiger partial charge >= 0.3 is 0 Å². The van der Waals surface area contributed by atoms with Gasteiger partial charge in [-0.15, -0.1) is 0 Å². The summed E-state index contributed by atoms with van der Waals surface area (Å²) in [4.78, 5) is 28.0. The van der Waals surface area contributed by atoms with E-state index in [1.165, 1.54) is 4.90 Å². The third-order valence-corrected chi connectivity index (χ3v) is 4.16. The number of hydrogen-bond donors (Lipinski definition) is 0. The smallest absolute Gasteiger partial charge is 0.228 e. The molecule has 1 heterocycles. The van der Waals surface area contributed by atoms with E-state index in [2.05, 4.69) is 0 Å². The SMILES string of the molecule is N#CCCN(CCC#N)C(=O)[C@H]1CC(=O)N(c2ccc(Cl)cc2)C1. The first-order chi connectivity index (χ1) is 11.6. The number of nitrogens with zero attached hydrogens (tertiary/aromatic N) is 4. The van der Waals surface area contributed by atoms with Crippen LogP contribution in [-0.2, 0) is 9.59 Å². The number of anilines is 1. The first kappa shape index (κ1) is 17.8. The molecule has 0 spiro atoms. The molecular formula is C17H17ClN4O2. The summed E-state index contributed by atoms with van der Waals surface area (Å²) in [7, 11) is 0. The summed E-state index contributed by atoms with van der Waals surface area (Å²) in [6.07, 6.45) is 0.550. The van der Waals surface area contributed by atoms with Crippen LogP contribution in [0.1, 0.15) is 19.3 Å². The highest BCUT2D eigenvalue weighted by atomic mass is 35.5. The van der Waals surface area contributed by atoms with Crippen molar-refractivity contribution in [1.29, 1.82) is 10.5 Å². The minimum Gasteiger partial charge on any atom is -0.340 e. The molecule has 1 fully saturated rings. The number of rotatable bonds is 6. The van der Waals surface area contributed by atoms with Gasteiger partial charge in [0, 0.05) is 36.8 Å². The van der Waals surface area contributed by atoms with Gasteiger partial charge < -0.3 is 9.80 Å². The molecule has 7 heteroatoms. The molecule has 0 bridgehead atoms. The van der Waals surface area contributed by atoms with Crippen molar-refractivity contribution in [3.63, 3.8) is 0 Å². The quantitative estimate of drug-likeness (QED) is 0.792. The normalized spacial score (nSPS) is 16.5. The maximum atomic E-state index is 12.6. The van der Waals surface area contributed by atoms with E-state index in [1.807, 2.05) is 12.1 Å². The lowest BCUT2D eigenvalue weighted by atomic mass is 10.1. The number of carbonyl (C=O) groups is 2. The van der Waals surface area contributed by atoms with Crippen LogP contribution in [0.15, 0.2) is 24.3 Å². The highest BCUT2D eigenvalue weighted by Gasteiger charge is 2.37. The van der Waals surface area contributed by atoms with E-state index in [4.69, 9.17) is 22.1 Å². The van der Waals surface area contributed by atoms with Crippen LogP contribution in [0, 0.1) is 28.6 Å². The monoisotopic (exact) mass is 344 g/mol. The van der Waals surface area contributed by atoms with Crippen molar-refractivity contribution in [2.75, 3.05) is 24.5 Å². The van der Waals surface area contributed by atoms with Crippen LogP contribution in [-0.4, -0.2) is 36.3 Å². The van der Waals surface area contributed by atoms with Crippen molar-refractivity contribution < 1.29 is 9.59 Å². The largest absolute Gasteiger partial charge is 0.340 e. The Morgan fingerprint density at radius 2 is 1.79 bits per heavy atom. The van der Waals surface area contributed by atoms with Gasteiger partial charge in [-0.3, -0.25) is 9.59 Å². The fourth-order valence-electron chi connectivity index (χ4n) is 2.70. The number of carbonyl (C=O) groups excluding carboxylic acids is 2. The van der Waals surface area contributed by atoms with Crippen molar-refractivity contribution in [2.45, 2.75) is 19.3 Å². The molecule has 0 radical (unpaired) electrons. The van der Waals surface area contributed by atoms with Crippen LogP contribution in [0.4, 0.5) is 5.69 Å². The number of benzene rings is 1. The Morgan fingerprint density at radius 3 is 2.33 bits per heavy atom. The van der Waals surface area contributed by atoms with Gasteiger partial charge in [-0.1, -0.05) is 11.6 Å². The summed E-state index contributed by atoms with van der Waals surface area (Å²) >= 11 is 5.86. The van der Waals surface area contributed by atoms with Crippen LogP contribution in [0.2, 0.25) is 5.02 Å². The highest BCUT2D eigenvalue weighted by molar-refractivity contribution is 6.30. The third kappa shape index (κ3) is 4.24. The van der Waals surface area contributed by atoms with Crippen LogP contribution >= 0.6 is 11.6 Å². The zero-order valence-corrected chi connectivity index (χ0v) is 13.9. The molecule has 124 valence electrons. The molecule has 0 aliphatic carbocycles. The van der Waals surface area contributed by atoms with Crippen molar-refractivity contribution in [2.24, 2.45) is 5.92 Å². The second-order valence-corrected chi connectivity index (χ2v) is 5.96. The molecule has 1 aromatic carbocycles. The van der Waals surface area contributed by atoms with Gasteiger partial charge in [0.2, 0.25) is 11.8 Å². The number of hydrogen-bond acceptors (Lipinski definition) is 4. The molecule has 2 amide bonds. The molecule has 1 aliphatic rings. The lowest BCUT2D eigenvalue weighted by Crippen LogP contribution is -2.38. The van der Waals surface area contributed by atoms with Crippen LogP contribution in [0.25, 0.3) is 0 Å². The third-order valence-electron chi connectivity index (χ3n) is 3.91. The Morgan fingerprint density at radius 1 is 1.21 bits per heavy atom. The van der Waals surface area contributed by atoms with E-state index < -0.39 is 5.92 Å². The average molecular weight is 345 g/mol. The molecule has 0 N–H and O–H groups in total. The summed E-state index contributed by atoms with van der Waals surface area (Å²) in [5.41, 5.74) is 0.709. The standard InChI is InChI=1S/C17H17ClN4O2/c18-14-3-5-15(6-4-14)22-12-13(11-16(22)23)17(24)21(9-1-7-19)10-2-8-20/h3-6,13H,1-2,9-12H2/t13-/m0/s1. The van der Waals surface area contributed by atoms with E-state index in [0.29, 0.717) is 17.3 Å². The maximum absolute atomic E-state index is 12.6. The van der Waals surface area contributed by atoms with Gasteiger partial charge in [-0.2, -0.15) is 10.5 Å². The zero-order valence-electron chi connectivity index (χ0n) is 13.1. The summed E-state index contributed by atoms with van der Waals surface area (Å²) in [5.74, 6) is -0.743. The topological polar surface area (TPSA) is 88.2 Å². The minimum absolute atomic E-state index is 0.115. The Balaban J connectivity index is 2.07.